The molecule has 8 heteroatoms. The molecule has 0 spiro atoms. The molecule has 3 heterocycles. The summed E-state index contributed by atoms with van der Waals surface area (Å²) in [5.41, 5.74) is 1.61. The van der Waals surface area contributed by atoms with Gasteiger partial charge in [-0.15, -0.1) is 11.3 Å². The van der Waals surface area contributed by atoms with Crippen LogP contribution in [0.5, 0.6) is 0 Å². The number of para-hydroxylation sites is 1. The zero-order valence-electron chi connectivity index (χ0n) is 17.3. The fraction of sp³-hybridized carbons (Fsp3) is 0.435. The summed E-state index contributed by atoms with van der Waals surface area (Å²) in [6, 6.07) is 6.70. The van der Waals surface area contributed by atoms with E-state index in [0.717, 1.165) is 36.1 Å². The molecule has 0 atom stereocenters. The van der Waals surface area contributed by atoms with Crippen LogP contribution in [-0.4, -0.2) is 46.5 Å². The maximum absolute atomic E-state index is 14.0. The van der Waals surface area contributed by atoms with Crippen molar-refractivity contribution in [2.75, 3.05) is 31.1 Å². The van der Waals surface area contributed by atoms with Crippen LogP contribution < -0.4 is 10.5 Å². The molecule has 162 valence electrons. The highest BCUT2D eigenvalue weighted by Gasteiger charge is 2.24. The average Bonchev–Trinajstić information content (AvgIpc) is 2.98. The Morgan fingerprint density at radius 2 is 1.84 bits per heavy atom. The molecule has 0 saturated carbocycles. The van der Waals surface area contributed by atoms with Gasteiger partial charge in [0.1, 0.15) is 17.2 Å². The maximum atomic E-state index is 14.0. The van der Waals surface area contributed by atoms with Crippen LogP contribution in [0.4, 0.5) is 10.1 Å². The van der Waals surface area contributed by atoms with Crippen LogP contribution in [-0.2, 0) is 24.2 Å². The van der Waals surface area contributed by atoms with Crippen LogP contribution >= 0.6 is 11.3 Å². The van der Waals surface area contributed by atoms with Crippen LogP contribution in [0, 0.1) is 5.82 Å². The highest BCUT2D eigenvalue weighted by atomic mass is 32.1. The highest BCUT2D eigenvalue weighted by Crippen LogP contribution is 2.32. The molecular formula is C23H25FN4O2S. The quantitative estimate of drug-likeness (QED) is 0.587. The summed E-state index contributed by atoms with van der Waals surface area (Å²) >= 11 is 1.63. The lowest BCUT2D eigenvalue weighted by atomic mass is 10.1. The molecule has 31 heavy (non-hydrogen) atoms. The summed E-state index contributed by atoms with van der Waals surface area (Å²) < 4.78 is 15.5. The number of anilines is 1. The van der Waals surface area contributed by atoms with E-state index in [4.69, 9.17) is 0 Å². The van der Waals surface area contributed by atoms with Gasteiger partial charge in [-0.05, 0) is 43.4 Å². The van der Waals surface area contributed by atoms with Gasteiger partial charge in [-0.25, -0.2) is 9.37 Å². The number of carbonyl (C=O) groups is 1. The van der Waals surface area contributed by atoms with Crippen molar-refractivity contribution in [1.29, 1.82) is 0 Å². The summed E-state index contributed by atoms with van der Waals surface area (Å²) in [4.78, 5) is 36.4. The number of carbonyl (C=O) groups excluding carboxylic acids is 1. The number of rotatable bonds is 3. The fourth-order valence-corrected chi connectivity index (χ4v) is 5.84. The van der Waals surface area contributed by atoms with E-state index in [1.807, 2.05) is 11.0 Å². The van der Waals surface area contributed by atoms with Crippen molar-refractivity contribution in [3.63, 3.8) is 0 Å². The lowest BCUT2D eigenvalue weighted by molar-refractivity contribution is -0.132. The molecule has 1 fully saturated rings. The first-order valence-corrected chi connectivity index (χ1v) is 11.7. The zero-order valence-corrected chi connectivity index (χ0v) is 18.2. The molecule has 3 aromatic rings. The third-order valence-corrected chi connectivity index (χ3v) is 7.52. The van der Waals surface area contributed by atoms with E-state index in [1.54, 1.807) is 28.4 Å². The van der Waals surface area contributed by atoms with Gasteiger partial charge in [-0.2, -0.15) is 0 Å². The third-order valence-electron chi connectivity index (χ3n) is 6.32. The van der Waals surface area contributed by atoms with Crippen molar-refractivity contribution in [2.24, 2.45) is 0 Å². The second-order valence-electron chi connectivity index (χ2n) is 8.24. The molecule has 0 unspecified atom stereocenters. The first-order valence-electron chi connectivity index (χ1n) is 10.9. The Labute approximate surface area is 183 Å². The molecule has 5 rings (SSSR count). The molecule has 0 radical (unpaired) electrons. The number of aryl methyl sites for hydroxylation is 2. The Bertz CT molecular complexity index is 1180. The van der Waals surface area contributed by atoms with Gasteiger partial charge in [0, 0.05) is 31.1 Å². The number of nitrogens with zero attached hydrogens (tertiary/aromatic N) is 4. The van der Waals surface area contributed by atoms with Crippen molar-refractivity contribution in [1.82, 2.24) is 14.5 Å². The molecule has 1 amide bonds. The first-order chi connectivity index (χ1) is 15.1. The van der Waals surface area contributed by atoms with Gasteiger partial charge >= 0.3 is 0 Å². The predicted octanol–water partition coefficient (Wildman–Crippen LogP) is 3.21. The molecule has 2 aromatic heterocycles. The van der Waals surface area contributed by atoms with Crippen LogP contribution in [0.15, 0.2) is 35.4 Å². The second kappa shape index (κ2) is 8.42. The van der Waals surface area contributed by atoms with Crippen molar-refractivity contribution >= 4 is 33.1 Å². The number of hydrogen-bond acceptors (Lipinski definition) is 5. The van der Waals surface area contributed by atoms with Crippen LogP contribution in [0.2, 0.25) is 0 Å². The van der Waals surface area contributed by atoms with Crippen molar-refractivity contribution in [2.45, 2.75) is 38.6 Å². The highest BCUT2D eigenvalue weighted by molar-refractivity contribution is 7.18. The Hall–Kier alpha value is -2.74. The van der Waals surface area contributed by atoms with Crippen LogP contribution in [0.1, 0.15) is 29.7 Å². The molecular weight excluding hydrogens is 415 g/mol. The van der Waals surface area contributed by atoms with Crippen molar-refractivity contribution in [3.8, 4) is 0 Å². The molecule has 0 N–H and O–H groups in total. The Morgan fingerprint density at radius 1 is 1.06 bits per heavy atom. The number of benzene rings is 1. The minimum absolute atomic E-state index is 0.00785. The molecule has 1 aromatic carbocycles. The van der Waals surface area contributed by atoms with E-state index in [0.29, 0.717) is 37.3 Å². The number of hydrogen-bond donors (Lipinski definition) is 0. The predicted molar refractivity (Wildman–Crippen MR) is 120 cm³/mol. The third kappa shape index (κ3) is 3.84. The smallest absolute Gasteiger partial charge is 0.262 e. The Balaban J connectivity index is 1.31. The minimum Gasteiger partial charge on any atom is -0.366 e. The van der Waals surface area contributed by atoms with Crippen LogP contribution in [0.25, 0.3) is 10.2 Å². The van der Waals surface area contributed by atoms with Gasteiger partial charge in [0.15, 0.2) is 0 Å². The minimum atomic E-state index is -0.247. The summed E-state index contributed by atoms with van der Waals surface area (Å²) in [5.74, 6) is -0.346. The maximum Gasteiger partial charge on any atom is 0.262 e. The first kappa shape index (κ1) is 20.2. The van der Waals surface area contributed by atoms with Crippen molar-refractivity contribution in [3.05, 3.63) is 57.2 Å². The lowest BCUT2D eigenvalue weighted by Gasteiger charge is -2.36. The molecule has 1 aliphatic heterocycles. The zero-order chi connectivity index (χ0) is 21.4. The number of halogens is 1. The number of amides is 1. The van der Waals surface area contributed by atoms with Gasteiger partial charge in [0.2, 0.25) is 5.91 Å². The normalized spacial score (nSPS) is 16.9. The summed E-state index contributed by atoms with van der Waals surface area (Å²) in [7, 11) is 0. The number of piperazine rings is 1. The summed E-state index contributed by atoms with van der Waals surface area (Å²) in [6.07, 6.45) is 6.88. The largest absolute Gasteiger partial charge is 0.366 e. The fourth-order valence-electron chi connectivity index (χ4n) is 4.62. The van der Waals surface area contributed by atoms with E-state index in [9.17, 15) is 14.0 Å². The molecule has 1 aliphatic carbocycles. The van der Waals surface area contributed by atoms with E-state index < -0.39 is 0 Å². The number of fused-ring (bicyclic) bond motifs is 3. The number of aromatic nitrogens is 2. The van der Waals surface area contributed by atoms with Crippen molar-refractivity contribution < 1.29 is 9.18 Å². The molecule has 2 aliphatic rings. The summed E-state index contributed by atoms with van der Waals surface area (Å²) in [6.45, 7) is 2.14. The summed E-state index contributed by atoms with van der Waals surface area (Å²) in [5, 5.41) is 0.710. The molecule has 6 nitrogen and oxygen atoms in total. The topological polar surface area (TPSA) is 58.4 Å². The SMILES string of the molecule is O=C(Cn1cnc2sc3c(c2c1=O)CCCCC3)N1CCN(c2ccccc2F)CC1. The van der Waals surface area contributed by atoms with Gasteiger partial charge < -0.3 is 9.80 Å². The average molecular weight is 441 g/mol. The second-order valence-corrected chi connectivity index (χ2v) is 9.33. The van der Waals surface area contributed by atoms with Gasteiger partial charge in [0.25, 0.3) is 5.56 Å². The van der Waals surface area contributed by atoms with E-state index in [2.05, 4.69) is 4.98 Å². The lowest BCUT2D eigenvalue weighted by Crippen LogP contribution is -2.50. The number of thiophene rings is 1. The van der Waals surface area contributed by atoms with Gasteiger partial charge in [-0.1, -0.05) is 18.6 Å². The van der Waals surface area contributed by atoms with Gasteiger partial charge in [-0.3, -0.25) is 14.2 Å². The van der Waals surface area contributed by atoms with E-state index in [-0.39, 0.29) is 23.8 Å². The Kier molecular flexibility index (Phi) is 5.48. The standard InChI is InChI=1S/C23H25FN4O2S/c24-17-7-4-5-8-18(17)26-10-12-27(13-11-26)20(29)14-28-15-25-22-21(23(28)30)16-6-2-1-3-9-19(16)31-22/h4-5,7-8,15H,1-3,6,9-14H2. The monoisotopic (exact) mass is 440 g/mol. The van der Waals surface area contributed by atoms with E-state index in [1.165, 1.54) is 28.3 Å². The van der Waals surface area contributed by atoms with E-state index >= 15 is 0 Å². The van der Waals surface area contributed by atoms with Gasteiger partial charge in [0.05, 0.1) is 17.4 Å². The Morgan fingerprint density at radius 3 is 2.65 bits per heavy atom. The molecule has 1 saturated heterocycles. The molecule has 0 bridgehead atoms. The van der Waals surface area contributed by atoms with Crippen LogP contribution in [0.3, 0.4) is 0 Å².